The maximum Gasteiger partial charge on any atom is 0.275 e. The monoisotopic (exact) mass is 402 g/mol. The Bertz CT molecular complexity index is 1280. The minimum Gasteiger partial charge on any atom is -0.507 e. The van der Waals surface area contributed by atoms with Crippen LogP contribution in [0.3, 0.4) is 0 Å². The number of rotatable bonds is 4. The third-order valence-corrected chi connectivity index (χ3v) is 4.68. The number of fused-ring (bicyclic) bond motifs is 1. The van der Waals surface area contributed by atoms with Gasteiger partial charge in [-0.2, -0.15) is 5.10 Å². The van der Waals surface area contributed by atoms with Gasteiger partial charge in [0.25, 0.3) is 5.91 Å². The zero-order valence-electron chi connectivity index (χ0n) is 15.6. The molecule has 0 saturated carbocycles. The molecule has 148 valence electrons. The summed E-state index contributed by atoms with van der Waals surface area (Å²) >= 11 is 0. The molecule has 6 heteroatoms. The maximum atomic E-state index is 14.1. The minimum absolute atomic E-state index is 0.0775. The van der Waals surface area contributed by atoms with Crippen molar-refractivity contribution in [2.75, 3.05) is 0 Å². The summed E-state index contributed by atoms with van der Waals surface area (Å²) in [7, 11) is 0. The molecule has 2 N–H and O–H groups in total. The highest BCUT2D eigenvalue weighted by molar-refractivity contribution is 6.01. The Kier molecular flexibility index (Phi) is 5.22. The topological polar surface area (TPSA) is 61.7 Å². The number of hydrogen-bond acceptors (Lipinski definition) is 3. The lowest BCUT2D eigenvalue weighted by Crippen LogP contribution is -2.17. The summed E-state index contributed by atoms with van der Waals surface area (Å²) in [6.07, 6.45) is 1.51. The van der Waals surface area contributed by atoms with E-state index in [-0.39, 0.29) is 16.9 Å². The second kappa shape index (κ2) is 8.13. The summed E-state index contributed by atoms with van der Waals surface area (Å²) in [4.78, 5) is 12.5. The van der Waals surface area contributed by atoms with Crippen molar-refractivity contribution in [2.24, 2.45) is 5.10 Å². The highest BCUT2D eigenvalue weighted by atomic mass is 19.1. The van der Waals surface area contributed by atoms with Gasteiger partial charge in [-0.15, -0.1) is 0 Å². The average molecular weight is 402 g/mol. The fraction of sp³-hybridized carbons (Fsp3) is 0. The highest BCUT2D eigenvalue weighted by Crippen LogP contribution is 2.28. The first kappa shape index (κ1) is 19.3. The molecule has 0 saturated heterocycles. The van der Waals surface area contributed by atoms with Crippen LogP contribution in [0.5, 0.6) is 5.75 Å². The van der Waals surface area contributed by atoms with Crippen LogP contribution >= 0.6 is 0 Å². The number of benzene rings is 4. The first-order valence-corrected chi connectivity index (χ1v) is 9.12. The predicted molar refractivity (Wildman–Crippen MR) is 112 cm³/mol. The molecule has 1 amide bonds. The van der Waals surface area contributed by atoms with Crippen molar-refractivity contribution in [3.63, 3.8) is 0 Å². The molecule has 4 nitrogen and oxygen atoms in total. The van der Waals surface area contributed by atoms with Crippen LogP contribution in [-0.4, -0.2) is 17.2 Å². The summed E-state index contributed by atoms with van der Waals surface area (Å²) < 4.78 is 27.2. The standard InChI is InChI=1S/C24H16F2N2O2/c25-18-9-10-20(22(26)13-18)16-8-11-23(29)21(12-16)24(30)28-27-14-17-6-3-5-15-4-1-2-7-19(15)17/h1-14,29H,(H,28,30)/b27-14+. The first-order chi connectivity index (χ1) is 14.5. The molecule has 0 unspecified atom stereocenters. The molecule has 0 atom stereocenters. The second-order valence-electron chi connectivity index (χ2n) is 6.62. The zero-order chi connectivity index (χ0) is 21.1. The van der Waals surface area contributed by atoms with E-state index in [9.17, 15) is 18.7 Å². The molecular weight excluding hydrogens is 386 g/mol. The van der Waals surface area contributed by atoms with E-state index in [0.717, 1.165) is 28.5 Å². The van der Waals surface area contributed by atoms with Gasteiger partial charge in [0.15, 0.2) is 0 Å². The molecule has 0 bridgehead atoms. The Morgan fingerprint density at radius 1 is 0.933 bits per heavy atom. The van der Waals surface area contributed by atoms with Crippen LogP contribution in [0, 0.1) is 11.6 Å². The Labute approximate surface area is 171 Å². The summed E-state index contributed by atoms with van der Waals surface area (Å²) in [6.45, 7) is 0. The molecule has 4 rings (SSSR count). The summed E-state index contributed by atoms with van der Waals surface area (Å²) in [6, 6.07) is 20.7. The molecule has 0 fully saturated rings. The van der Waals surface area contributed by atoms with Crippen molar-refractivity contribution in [2.45, 2.75) is 0 Å². The third kappa shape index (κ3) is 3.89. The number of hydrazone groups is 1. The summed E-state index contributed by atoms with van der Waals surface area (Å²) in [5.74, 6) is -2.40. The Morgan fingerprint density at radius 3 is 2.57 bits per heavy atom. The molecule has 0 aliphatic carbocycles. The molecule has 0 aromatic heterocycles. The van der Waals surface area contributed by atoms with E-state index >= 15 is 0 Å². The van der Waals surface area contributed by atoms with Crippen LogP contribution < -0.4 is 5.43 Å². The lowest BCUT2D eigenvalue weighted by molar-refractivity contribution is 0.0952. The largest absolute Gasteiger partial charge is 0.507 e. The van der Waals surface area contributed by atoms with E-state index in [1.165, 1.54) is 30.5 Å². The van der Waals surface area contributed by atoms with Crippen LogP contribution in [0.15, 0.2) is 84.0 Å². The van der Waals surface area contributed by atoms with E-state index in [4.69, 9.17) is 0 Å². The van der Waals surface area contributed by atoms with Gasteiger partial charge in [-0.25, -0.2) is 14.2 Å². The lowest BCUT2D eigenvalue weighted by Gasteiger charge is -2.08. The van der Waals surface area contributed by atoms with Crippen LogP contribution in [-0.2, 0) is 0 Å². The minimum atomic E-state index is -0.763. The van der Waals surface area contributed by atoms with E-state index < -0.39 is 17.5 Å². The number of phenols is 1. The lowest BCUT2D eigenvalue weighted by atomic mass is 10.0. The van der Waals surface area contributed by atoms with Gasteiger partial charge in [-0.05, 0) is 40.6 Å². The summed E-state index contributed by atoms with van der Waals surface area (Å²) in [5.41, 5.74) is 3.56. The molecule has 30 heavy (non-hydrogen) atoms. The number of aromatic hydroxyl groups is 1. The number of halogens is 2. The van der Waals surface area contributed by atoms with Gasteiger partial charge < -0.3 is 5.11 Å². The molecule has 0 heterocycles. The van der Waals surface area contributed by atoms with E-state index in [1.54, 1.807) is 0 Å². The molecule has 0 aliphatic heterocycles. The van der Waals surface area contributed by atoms with Crippen molar-refractivity contribution < 1.29 is 18.7 Å². The zero-order valence-corrected chi connectivity index (χ0v) is 15.6. The Balaban J connectivity index is 1.58. The smallest absolute Gasteiger partial charge is 0.275 e. The van der Waals surface area contributed by atoms with Crippen molar-refractivity contribution in [1.29, 1.82) is 0 Å². The summed E-state index contributed by atoms with van der Waals surface area (Å²) in [5, 5.41) is 16.1. The Morgan fingerprint density at radius 2 is 1.73 bits per heavy atom. The van der Waals surface area contributed by atoms with Gasteiger partial charge in [0, 0.05) is 17.2 Å². The molecule has 0 radical (unpaired) electrons. The van der Waals surface area contributed by atoms with Gasteiger partial charge >= 0.3 is 0 Å². The van der Waals surface area contributed by atoms with Crippen LogP contribution in [0.2, 0.25) is 0 Å². The van der Waals surface area contributed by atoms with Gasteiger partial charge in [-0.3, -0.25) is 4.79 Å². The first-order valence-electron chi connectivity index (χ1n) is 9.12. The fourth-order valence-corrected chi connectivity index (χ4v) is 3.19. The van der Waals surface area contributed by atoms with Crippen molar-refractivity contribution in [1.82, 2.24) is 5.43 Å². The number of nitrogens with one attached hydrogen (secondary N) is 1. The van der Waals surface area contributed by atoms with Crippen molar-refractivity contribution in [3.05, 3.63) is 102 Å². The van der Waals surface area contributed by atoms with Crippen molar-refractivity contribution in [3.8, 4) is 16.9 Å². The number of carbonyl (C=O) groups is 1. The van der Waals surface area contributed by atoms with Crippen molar-refractivity contribution >= 4 is 22.9 Å². The normalized spacial score (nSPS) is 11.1. The van der Waals surface area contributed by atoms with Gasteiger partial charge in [-0.1, -0.05) is 48.5 Å². The molecule has 0 spiro atoms. The fourth-order valence-electron chi connectivity index (χ4n) is 3.19. The number of nitrogens with zero attached hydrogens (tertiary/aromatic N) is 1. The molecule has 0 aliphatic rings. The van der Waals surface area contributed by atoms with Gasteiger partial charge in [0.05, 0.1) is 11.8 Å². The SMILES string of the molecule is O=C(N/N=C/c1cccc2ccccc12)c1cc(-c2ccc(F)cc2F)ccc1O. The maximum absolute atomic E-state index is 14.1. The second-order valence-corrected chi connectivity index (χ2v) is 6.62. The van der Waals surface area contributed by atoms with Gasteiger partial charge in [0.1, 0.15) is 17.4 Å². The molecular formula is C24H16F2N2O2. The Hall–Kier alpha value is -4.06. The number of amides is 1. The average Bonchev–Trinajstić information content (AvgIpc) is 2.74. The quantitative estimate of drug-likeness (QED) is 0.362. The van der Waals surface area contributed by atoms with E-state index in [1.807, 2.05) is 42.5 Å². The van der Waals surface area contributed by atoms with E-state index in [0.29, 0.717) is 5.56 Å². The number of hydrogen-bond donors (Lipinski definition) is 2. The van der Waals surface area contributed by atoms with Crippen LogP contribution in [0.4, 0.5) is 8.78 Å². The molecule has 4 aromatic rings. The third-order valence-electron chi connectivity index (χ3n) is 4.68. The predicted octanol–water partition coefficient (Wildman–Crippen LogP) is 5.25. The number of phenolic OH excluding ortho intramolecular Hbond substituents is 1. The van der Waals surface area contributed by atoms with Gasteiger partial charge in [0.2, 0.25) is 0 Å². The number of carbonyl (C=O) groups excluding carboxylic acids is 1. The van der Waals surface area contributed by atoms with Crippen LogP contribution in [0.1, 0.15) is 15.9 Å². The highest BCUT2D eigenvalue weighted by Gasteiger charge is 2.14. The van der Waals surface area contributed by atoms with Crippen LogP contribution in [0.25, 0.3) is 21.9 Å². The van der Waals surface area contributed by atoms with E-state index in [2.05, 4.69) is 10.5 Å². The molecule has 4 aromatic carbocycles.